The Balaban J connectivity index is 1.52. The first-order valence-corrected chi connectivity index (χ1v) is 13.6. The number of benzene rings is 2. The second kappa shape index (κ2) is 11.0. The Bertz CT molecular complexity index is 1290. The highest BCUT2D eigenvalue weighted by Crippen LogP contribution is 2.35. The van der Waals surface area contributed by atoms with Crippen LogP contribution in [0.3, 0.4) is 0 Å². The third kappa shape index (κ3) is 6.49. The number of pyridine rings is 1. The number of piperidine rings is 1. The molecule has 0 aliphatic carbocycles. The SMILES string of the molecule is COC(=O)c1ccc2c(OCCC(c3cccc(NS(C)(=O)=O)c3)C3CCNCC3)cccc2n1. The van der Waals surface area contributed by atoms with E-state index in [-0.39, 0.29) is 11.6 Å². The molecule has 1 aliphatic rings. The van der Waals surface area contributed by atoms with E-state index in [0.29, 0.717) is 29.5 Å². The van der Waals surface area contributed by atoms with E-state index in [9.17, 15) is 13.2 Å². The van der Waals surface area contributed by atoms with Gasteiger partial charge in [0.15, 0.2) is 0 Å². The van der Waals surface area contributed by atoms with Crippen LogP contribution in [0.5, 0.6) is 5.75 Å². The van der Waals surface area contributed by atoms with Gasteiger partial charge in [-0.3, -0.25) is 4.72 Å². The first-order chi connectivity index (χ1) is 16.8. The Morgan fingerprint density at radius 2 is 1.91 bits per heavy atom. The highest BCUT2D eigenvalue weighted by Gasteiger charge is 2.25. The number of ether oxygens (including phenoxy) is 2. The molecule has 9 heteroatoms. The molecule has 1 fully saturated rings. The number of nitrogens with one attached hydrogen (secondary N) is 2. The molecule has 1 aromatic heterocycles. The molecule has 0 amide bonds. The Kier molecular flexibility index (Phi) is 7.87. The largest absolute Gasteiger partial charge is 0.493 e. The topological polar surface area (TPSA) is 107 Å². The molecule has 4 rings (SSSR count). The van der Waals surface area contributed by atoms with Crippen molar-refractivity contribution in [1.82, 2.24) is 10.3 Å². The fourth-order valence-electron chi connectivity index (χ4n) is 4.73. The molecule has 2 aromatic carbocycles. The van der Waals surface area contributed by atoms with Gasteiger partial charge in [0.05, 0.1) is 25.5 Å². The summed E-state index contributed by atoms with van der Waals surface area (Å²) in [4.78, 5) is 16.2. The fraction of sp³-hybridized carbons (Fsp3) is 0.385. The van der Waals surface area contributed by atoms with Crippen molar-refractivity contribution < 1.29 is 22.7 Å². The van der Waals surface area contributed by atoms with Gasteiger partial charge < -0.3 is 14.8 Å². The number of sulfonamides is 1. The van der Waals surface area contributed by atoms with E-state index in [1.54, 1.807) is 12.1 Å². The zero-order valence-corrected chi connectivity index (χ0v) is 20.8. The number of carbonyl (C=O) groups is 1. The van der Waals surface area contributed by atoms with E-state index < -0.39 is 16.0 Å². The van der Waals surface area contributed by atoms with Crippen molar-refractivity contribution >= 4 is 32.6 Å². The van der Waals surface area contributed by atoms with Crippen molar-refractivity contribution in [3.63, 3.8) is 0 Å². The molecule has 35 heavy (non-hydrogen) atoms. The van der Waals surface area contributed by atoms with Crippen LogP contribution >= 0.6 is 0 Å². The molecule has 0 bridgehead atoms. The van der Waals surface area contributed by atoms with Crippen LogP contribution in [-0.2, 0) is 14.8 Å². The third-order valence-electron chi connectivity index (χ3n) is 6.34. The Hall–Kier alpha value is -3.17. The Morgan fingerprint density at radius 3 is 2.66 bits per heavy atom. The zero-order valence-electron chi connectivity index (χ0n) is 20.0. The van der Waals surface area contributed by atoms with Crippen LogP contribution in [-0.4, -0.2) is 52.4 Å². The van der Waals surface area contributed by atoms with Gasteiger partial charge in [-0.25, -0.2) is 18.2 Å². The van der Waals surface area contributed by atoms with Gasteiger partial charge >= 0.3 is 5.97 Å². The highest BCUT2D eigenvalue weighted by molar-refractivity contribution is 7.92. The summed E-state index contributed by atoms with van der Waals surface area (Å²) in [6, 6.07) is 16.7. The van der Waals surface area contributed by atoms with Gasteiger partial charge in [0.1, 0.15) is 11.4 Å². The van der Waals surface area contributed by atoms with Crippen LogP contribution < -0.4 is 14.8 Å². The maximum Gasteiger partial charge on any atom is 0.356 e. The fourth-order valence-corrected chi connectivity index (χ4v) is 5.29. The molecule has 1 atom stereocenters. The van der Waals surface area contributed by atoms with Crippen LogP contribution in [0.25, 0.3) is 10.9 Å². The summed E-state index contributed by atoms with van der Waals surface area (Å²) in [5, 5.41) is 4.25. The van der Waals surface area contributed by atoms with Crippen molar-refractivity contribution in [2.75, 3.05) is 37.8 Å². The summed E-state index contributed by atoms with van der Waals surface area (Å²) < 4.78 is 37.0. The summed E-state index contributed by atoms with van der Waals surface area (Å²) in [6.07, 6.45) is 4.06. The number of nitrogens with zero attached hydrogens (tertiary/aromatic N) is 1. The summed E-state index contributed by atoms with van der Waals surface area (Å²) in [5.41, 5.74) is 2.61. The average Bonchev–Trinajstić information content (AvgIpc) is 2.85. The maximum atomic E-state index is 11.8. The van der Waals surface area contributed by atoms with Gasteiger partial charge in [-0.1, -0.05) is 18.2 Å². The number of esters is 1. The predicted octanol–water partition coefficient (Wildman–Crippen LogP) is 3.95. The van der Waals surface area contributed by atoms with Gasteiger partial charge in [-0.2, -0.15) is 0 Å². The highest BCUT2D eigenvalue weighted by atomic mass is 32.2. The van der Waals surface area contributed by atoms with E-state index in [2.05, 4.69) is 21.1 Å². The van der Waals surface area contributed by atoms with Gasteiger partial charge in [-0.15, -0.1) is 0 Å². The lowest BCUT2D eigenvalue weighted by molar-refractivity contribution is 0.0594. The summed E-state index contributed by atoms with van der Waals surface area (Å²) in [7, 11) is -2.02. The van der Waals surface area contributed by atoms with E-state index in [0.717, 1.165) is 49.6 Å². The second-order valence-corrected chi connectivity index (χ2v) is 10.6. The first kappa shape index (κ1) is 24.9. The van der Waals surface area contributed by atoms with Gasteiger partial charge in [-0.05, 0) is 86.1 Å². The smallest absolute Gasteiger partial charge is 0.356 e. The number of methoxy groups -OCH3 is 1. The molecule has 2 heterocycles. The minimum Gasteiger partial charge on any atom is -0.493 e. The van der Waals surface area contributed by atoms with Crippen LogP contribution in [0.4, 0.5) is 5.69 Å². The van der Waals surface area contributed by atoms with Crippen molar-refractivity contribution in [2.24, 2.45) is 5.92 Å². The molecule has 186 valence electrons. The van der Waals surface area contributed by atoms with Gasteiger partial charge in [0, 0.05) is 11.1 Å². The number of carbonyl (C=O) groups excluding carboxylic acids is 1. The van der Waals surface area contributed by atoms with Gasteiger partial charge in [0.2, 0.25) is 10.0 Å². The molecule has 1 saturated heterocycles. The van der Waals surface area contributed by atoms with E-state index in [1.165, 1.54) is 7.11 Å². The number of rotatable bonds is 9. The number of fused-ring (bicyclic) bond motifs is 1. The Labute approximate surface area is 206 Å². The molecule has 8 nitrogen and oxygen atoms in total. The summed E-state index contributed by atoms with van der Waals surface area (Å²) >= 11 is 0. The maximum absolute atomic E-state index is 11.8. The van der Waals surface area contributed by atoms with Crippen LogP contribution in [0.2, 0.25) is 0 Å². The molecule has 3 aromatic rings. The van der Waals surface area contributed by atoms with Crippen molar-refractivity contribution in [3.05, 3.63) is 65.9 Å². The average molecular weight is 498 g/mol. The molecule has 0 spiro atoms. The van der Waals surface area contributed by atoms with Crippen LogP contribution in [0.1, 0.15) is 41.2 Å². The van der Waals surface area contributed by atoms with Crippen molar-refractivity contribution in [1.29, 1.82) is 0 Å². The lowest BCUT2D eigenvalue weighted by atomic mass is 9.78. The van der Waals surface area contributed by atoms with Crippen molar-refractivity contribution in [3.8, 4) is 5.75 Å². The van der Waals surface area contributed by atoms with E-state index in [1.807, 2.05) is 36.4 Å². The van der Waals surface area contributed by atoms with E-state index in [4.69, 9.17) is 9.47 Å². The lowest BCUT2D eigenvalue weighted by Gasteiger charge is -2.31. The minimum atomic E-state index is -3.35. The van der Waals surface area contributed by atoms with Crippen molar-refractivity contribution in [2.45, 2.75) is 25.2 Å². The first-order valence-electron chi connectivity index (χ1n) is 11.7. The Morgan fingerprint density at radius 1 is 1.14 bits per heavy atom. The van der Waals surface area contributed by atoms with Crippen LogP contribution in [0, 0.1) is 5.92 Å². The second-order valence-electron chi connectivity index (χ2n) is 8.84. The number of hydrogen-bond acceptors (Lipinski definition) is 7. The normalized spacial score (nSPS) is 15.5. The third-order valence-corrected chi connectivity index (χ3v) is 6.95. The zero-order chi connectivity index (χ0) is 24.8. The van der Waals surface area contributed by atoms with Crippen LogP contribution in [0.15, 0.2) is 54.6 Å². The standard InChI is InChI=1S/C26H31N3O5S/c1-33-26(30)24-10-9-22-23(28-24)7-4-8-25(22)34-16-13-21(18-11-14-27-15-12-18)19-5-3-6-20(17-19)29-35(2,31)32/h3-10,17-18,21,27,29H,11-16H2,1-2H3. The monoisotopic (exact) mass is 497 g/mol. The predicted molar refractivity (Wildman–Crippen MR) is 136 cm³/mol. The summed E-state index contributed by atoms with van der Waals surface area (Å²) in [5.74, 6) is 0.946. The molecule has 1 unspecified atom stereocenters. The molecule has 0 radical (unpaired) electrons. The summed E-state index contributed by atoms with van der Waals surface area (Å²) in [6.45, 7) is 2.44. The number of aromatic nitrogens is 1. The molecular weight excluding hydrogens is 466 g/mol. The van der Waals surface area contributed by atoms with E-state index >= 15 is 0 Å². The minimum absolute atomic E-state index is 0.234. The quantitative estimate of drug-likeness (QED) is 0.431. The van der Waals surface area contributed by atoms with Gasteiger partial charge in [0.25, 0.3) is 0 Å². The molecule has 0 saturated carbocycles. The molecule has 1 aliphatic heterocycles. The number of anilines is 1. The lowest BCUT2D eigenvalue weighted by Crippen LogP contribution is -2.31. The molecule has 2 N–H and O–H groups in total. The molecular formula is C26H31N3O5S. The number of hydrogen-bond donors (Lipinski definition) is 2.